The minimum absolute atomic E-state index is 0.109. The van der Waals surface area contributed by atoms with Gasteiger partial charge in [-0.05, 0) is 29.8 Å². The van der Waals surface area contributed by atoms with Gasteiger partial charge in [0.25, 0.3) is 0 Å². The van der Waals surface area contributed by atoms with E-state index in [4.69, 9.17) is 33.7 Å². The van der Waals surface area contributed by atoms with Gasteiger partial charge in [0.1, 0.15) is 23.6 Å². The zero-order valence-corrected chi connectivity index (χ0v) is 17.8. The molecule has 2 N–H and O–H groups in total. The molecule has 2 aromatic carbocycles. The maximum atomic E-state index is 12.7. The van der Waals surface area contributed by atoms with E-state index in [1.165, 1.54) is 23.1 Å². The minimum atomic E-state index is -3.07. The molecule has 1 fully saturated rings. The molecule has 0 radical (unpaired) electrons. The molecule has 4 rings (SSSR count). The molecule has 12 heteroatoms. The molecule has 0 aromatic heterocycles. The van der Waals surface area contributed by atoms with Gasteiger partial charge in [-0.15, -0.1) is 0 Å². The Bertz CT molecular complexity index is 1100. The highest BCUT2D eigenvalue weighted by Gasteiger charge is 2.54. The summed E-state index contributed by atoms with van der Waals surface area (Å²) in [6, 6.07) is 9.91. The maximum absolute atomic E-state index is 12.7. The van der Waals surface area contributed by atoms with Crippen LogP contribution in [0.25, 0.3) is 0 Å². The third-order valence-corrected chi connectivity index (χ3v) is 5.76. The summed E-state index contributed by atoms with van der Waals surface area (Å²) in [5.41, 5.74) is 5.41. The molecule has 0 spiro atoms. The quantitative estimate of drug-likeness (QED) is 0.692. The molecule has 3 amide bonds. The first-order chi connectivity index (χ1) is 15.2. The van der Waals surface area contributed by atoms with Gasteiger partial charge in [0.15, 0.2) is 0 Å². The minimum Gasteiger partial charge on any atom is -0.447 e. The van der Waals surface area contributed by atoms with Crippen LogP contribution in [0.1, 0.15) is 11.1 Å². The highest BCUT2D eigenvalue weighted by Crippen LogP contribution is 2.42. The summed E-state index contributed by atoms with van der Waals surface area (Å²) in [7, 11) is 0. The molecule has 8 nitrogen and oxygen atoms in total. The second-order valence-corrected chi connectivity index (χ2v) is 7.85. The van der Waals surface area contributed by atoms with Crippen molar-refractivity contribution in [3.8, 4) is 5.75 Å². The van der Waals surface area contributed by atoms with Gasteiger partial charge in [-0.2, -0.15) is 13.9 Å². The number of hydrazone groups is 1. The average Bonchev–Trinajstić information content (AvgIpc) is 3.34. The van der Waals surface area contributed by atoms with E-state index in [1.807, 2.05) is 0 Å². The first kappa shape index (κ1) is 22.1. The van der Waals surface area contributed by atoms with E-state index in [-0.39, 0.29) is 30.5 Å². The molecule has 2 heterocycles. The Labute approximate surface area is 191 Å². The maximum Gasteiger partial charge on any atom is 0.411 e. The standard InChI is InChI=1S/C20H16Cl2F2N4O4/c21-13-4-1-11(2-5-13)16-20(10-28(26-16)18(25)29,27-7-8-31-19(27)30)12-3-6-15(14(22)9-12)32-17(23)24/h1-6,9,17H,7-8,10H2,(H2,25,29). The summed E-state index contributed by atoms with van der Waals surface area (Å²) in [5, 5.41) is 5.77. The largest absolute Gasteiger partial charge is 0.447 e. The van der Waals surface area contributed by atoms with Crippen molar-refractivity contribution in [1.82, 2.24) is 9.91 Å². The fourth-order valence-corrected chi connectivity index (χ4v) is 4.20. The van der Waals surface area contributed by atoms with Gasteiger partial charge in [0, 0.05) is 10.6 Å². The summed E-state index contributed by atoms with van der Waals surface area (Å²) in [6.45, 7) is -2.90. The number of ether oxygens (including phenoxy) is 2. The highest BCUT2D eigenvalue weighted by atomic mass is 35.5. The van der Waals surface area contributed by atoms with Crippen molar-refractivity contribution < 1.29 is 27.8 Å². The number of nitrogens with zero attached hydrogens (tertiary/aromatic N) is 3. The topological polar surface area (TPSA) is 97.5 Å². The summed E-state index contributed by atoms with van der Waals surface area (Å²) in [4.78, 5) is 26.1. The smallest absolute Gasteiger partial charge is 0.411 e. The van der Waals surface area contributed by atoms with E-state index in [1.54, 1.807) is 24.3 Å². The van der Waals surface area contributed by atoms with E-state index in [0.29, 0.717) is 21.9 Å². The Hall–Kier alpha value is -3.11. The number of benzene rings is 2. The van der Waals surface area contributed by atoms with E-state index in [2.05, 4.69) is 9.84 Å². The van der Waals surface area contributed by atoms with E-state index in [0.717, 1.165) is 5.01 Å². The predicted molar refractivity (Wildman–Crippen MR) is 112 cm³/mol. The van der Waals surface area contributed by atoms with Crippen molar-refractivity contribution in [1.29, 1.82) is 0 Å². The Morgan fingerprint density at radius 2 is 1.94 bits per heavy atom. The Morgan fingerprint density at radius 3 is 2.50 bits per heavy atom. The van der Waals surface area contributed by atoms with Crippen LogP contribution in [0.3, 0.4) is 0 Å². The predicted octanol–water partition coefficient (Wildman–Crippen LogP) is 4.04. The number of halogens is 4. The molecule has 1 unspecified atom stereocenters. The number of nitrogens with two attached hydrogens (primary N) is 1. The van der Waals surface area contributed by atoms with Crippen LogP contribution in [0.5, 0.6) is 5.75 Å². The zero-order valence-electron chi connectivity index (χ0n) is 16.3. The van der Waals surface area contributed by atoms with Gasteiger partial charge in [0.05, 0.1) is 18.1 Å². The van der Waals surface area contributed by atoms with Crippen molar-refractivity contribution in [3.05, 3.63) is 63.6 Å². The lowest BCUT2D eigenvalue weighted by Crippen LogP contribution is -2.55. The van der Waals surface area contributed by atoms with Gasteiger partial charge in [-0.3, -0.25) is 4.90 Å². The van der Waals surface area contributed by atoms with Crippen LogP contribution >= 0.6 is 23.2 Å². The molecule has 2 aliphatic heterocycles. The number of alkyl halides is 2. The van der Waals surface area contributed by atoms with Crippen molar-refractivity contribution in [2.24, 2.45) is 10.8 Å². The molecule has 168 valence electrons. The van der Waals surface area contributed by atoms with Crippen LogP contribution in [-0.2, 0) is 10.3 Å². The molecule has 0 bridgehead atoms. The second-order valence-electron chi connectivity index (χ2n) is 7.00. The van der Waals surface area contributed by atoms with E-state index in [9.17, 15) is 18.4 Å². The van der Waals surface area contributed by atoms with Crippen LogP contribution in [0.2, 0.25) is 10.0 Å². The van der Waals surface area contributed by atoms with Crippen molar-refractivity contribution in [3.63, 3.8) is 0 Å². The number of urea groups is 1. The molecule has 32 heavy (non-hydrogen) atoms. The van der Waals surface area contributed by atoms with E-state index >= 15 is 0 Å². The molecule has 1 atom stereocenters. The second kappa shape index (κ2) is 8.44. The number of hydrogen-bond donors (Lipinski definition) is 1. The molecule has 2 aromatic rings. The fraction of sp³-hybridized carbons (Fsp3) is 0.250. The highest BCUT2D eigenvalue weighted by molar-refractivity contribution is 6.32. The number of cyclic esters (lactones) is 1. The molecule has 1 saturated heterocycles. The summed E-state index contributed by atoms with van der Waals surface area (Å²) in [5.74, 6) is -0.237. The first-order valence-electron chi connectivity index (χ1n) is 9.33. The normalized spacial score (nSPS) is 20.5. The average molecular weight is 485 g/mol. The number of primary amides is 1. The van der Waals surface area contributed by atoms with Crippen LogP contribution in [0.4, 0.5) is 18.4 Å². The van der Waals surface area contributed by atoms with Gasteiger partial charge < -0.3 is 15.2 Å². The Morgan fingerprint density at radius 1 is 1.22 bits per heavy atom. The van der Waals surface area contributed by atoms with Crippen LogP contribution in [-0.4, -0.2) is 54.1 Å². The molecular weight excluding hydrogens is 469 g/mol. The zero-order chi connectivity index (χ0) is 23.0. The van der Waals surface area contributed by atoms with Crippen LogP contribution in [0.15, 0.2) is 47.6 Å². The Kier molecular flexibility index (Phi) is 5.83. The van der Waals surface area contributed by atoms with Gasteiger partial charge >= 0.3 is 18.7 Å². The summed E-state index contributed by atoms with van der Waals surface area (Å²) in [6.07, 6.45) is -0.637. The molecular formula is C20H16Cl2F2N4O4. The van der Waals surface area contributed by atoms with Crippen molar-refractivity contribution >= 4 is 41.0 Å². The third kappa shape index (κ3) is 3.80. The Balaban J connectivity index is 1.92. The van der Waals surface area contributed by atoms with Gasteiger partial charge in [-0.25, -0.2) is 14.6 Å². The van der Waals surface area contributed by atoms with Crippen molar-refractivity contribution in [2.45, 2.75) is 12.2 Å². The number of rotatable bonds is 5. The fourth-order valence-electron chi connectivity index (χ4n) is 3.85. The summed E-state index contributed by atoms with van der Waals surface area (Å²) < 4.78 is 35.0. The van der Waals surface area contributed by atoms with Gasteiger partial charge in [0.2, 0.25) is 0 Å². The number of carbonyl (C=O) groups is 2. The van der Waals surface area contributed by atoms with Gasteiger partial charge in [-0.1, -0.05) is 41.4 Å². The summed E-state index contributed by atoms with van der Waals surface area (Å²) >= 11 is 12.2. The van der Waals surface area contributed by atoms with E-state index < -0.39 is 24.3 Å². The molecule has 0 saturated carbocycles. The molecule has 2 aliphatic rings. The third-order valence-electron chi connectivity index (χ3n) is 5.21. The number of hydrogen-bond acceptors (Lipinski definition) is 5. The first-order valence-corrected chi connectivity index (χ1v) is 10.1. The molecule has 0 aliphatic carbocycles. The van der Waals surface area contributed by atoms with Crippen molar-refractivity contribution in [2.75, 3.05) is 19.7 Å². The number of amides is 3. The SMILES string of the molecule is NC(=O)N1CC(c2ccc(OC(F)F)c(Cl)c2)(N2CCOC2=O)C(c2ccc(Cl)cc2)=N1. The lowest BCUT2D eigenvalue weighted by atomic mass is 9.81. The monoisotopic (exact) mass is 484 g/mol. The van der Waals surface area contributed by atoms with Crippen LogP contribution < -0.4 is 10.5 Å². The number of carbonyl (C=O) groups excluding carboxylic acids is 2. The van der Waals surface area contributed by atoms with Crippen LogP contribution in [0, 0.1) is 0 Å². The lowest BCUT2D eigenvalue weighted by Gasteiger charge is -2.38. The lowest BCUT2D eigenvalue weighted by molar-refractivity contribution is -0.0498.